The minimum Gasteiger partial charge on any atom is -0.485 e. The zero-order valence-electron chi connectivity index (χ0n) is 13.2. The monoisotopic (exact) mass is 363 g/mol. The van der Waals surface area contributed by atoms with Crippen LogP contribution in [0.3, 0.4) is 0 Å². The minimum absolute atomic E-state index is 0.217. The molecule has 4 rings (SSSR count). The minimum atomic E-state index is -0.217. The first-order valence-electron chi connectivity index (χ1n) is 8.30. The fourth-order valence-corrected chi connectivity index (χ4v) is 4.01. The van der Waals surface area contributed by atoms with Crippen LogP contribution < -0.4 is 14.8 Å². The van der Waals surface area contributed by atoms with Crippen molar-refractivity contribution in [2.24, 2.45) is 0 Å². The second kappa shape index (κ2) is 6.83. The van der Waals surface area contributed by atoms with Gasteiger partial charge < -0.3 is 14.8 Å². The quantitative estimate of drug-likeness (QED) is 0.816. The summed E-state index contributed by atoms with van der Waals surface area (Å²) in [5.41, 5.74) is 2.15. The number of benzene rings is 2. The van der Waals surface area contributed by atoms with Gasteiger partial charge in [-0.25, -0.2) is 0 Å². The van der Waals surface area contributed by atoms with E-state index in [2.05, 4.69) is 17.4 Å². The summed E-state index contributed by atoms with van der Waals surface area (Å²) in [4.78, 5) is 0. The normalized spacial score (nSPS) is 20.8. The lowest BCUT2D eigenvalue weighted by Gasteiger charge is -2.32. The maximum absolute atomic E-state index is 6.35. The zero-order chi connectivity index (χ0) is 16.5. The number of para-hydroxylation sites is 1. The van der Waals surface area contributed by atoms with E-state index in [1.165, 1.54) is 5.56 Å². The predicted octanol–water partition coefficient (Wildman–Crippen LogP) is 4.97. The molecule has 0 amide bonds. The highest BCUT2D eigenvalue weighted by Crippen LogP contribution is 2.44. The molecule has 0 bridgehead atoms. The Morgan fingerprint density at radius 3 is 2.62 bits per heavy atom. The van der Waals surface area contributed by atoms with Gasteiger partial charge in [-0.2, -0.15) is 0 Å². The Hall–Kier alpha value is -1.42. The smallest absolute Gasteiger partial charge is 0.165 e. The van der Waals surface area contributed by atoms with E-state index in [9.17, 15) is 0 Å². The number of piperidine rings is 1. The van der Waals surface area contributed by atoms with Crippen molar-refractivity contribution in [3.63, 3.8) is 0 Å². The first kappa shape index (κ1) is 16.1. The summed E-state index contributed by atoms with van der Waals surface area (Å²) in [7, 11) is 0. The van der Waals surface area contributed by atoms with Crippen molar-refractivity contribution >= 4 is 23.2 Å². The summed E-state index contributed by atoms with van der Waals surface area (Å²) in [5.74, 6) is 2.20. The van der Waals surface area contributed by atoms with E-state index in [1.807, 2.05) is 18.2 Å². The van der Waals surface area contributed by atoms with Crippen molar-refractivity contribution in [1.82, 2.24) is 5.32 Å². The van der Waals surface area contributed by atoms with E-state index in [4.69, 9.17) is 32.7 Å². The number of hydrogen-bond acceptors (Lipinski definition) is 3. The van der Waals surface area contributed by atoms with Crippen LogP contribution >= 0.6 is 23.2 Å². The molecule has 2 heterocycles. The van der Waals surface area contributed by atoms with Crippen molar-refractivity contribution in [2.45, 2.75) is 24.9 Å². The van der Waals surface area contributed by atoms with Crippen LogP contribution in [0.1, 0.15) is 36.0 Å². The van der Waals surface area contributed by atoms with Crippen molar-refractivity contribution < 1.29 is 9.47 Å². The van der Waals surface area contributed by atoms with Crippen LogP contribution in [0.25, 0.3) is 0 Å². The molecule has 1 N–H and O–H groups in total. The third kappa shape index (κ3) is 3.08. The summed E-state index contributed by atoms with van der Waals surface area (Å²) >= 11 is 12.4. The van der Waals surface area contributed by atoms with Crippen molar-refractivity contribution in [3.8, 4) is 11.5 Å². The molecule has 126 valence electrons. The van der Waals surface area contributed by atoms with Crippen LogP contribution in [0.15, 0.2) is 36.4 Å². The van der Waals surface area contributed by atoms with Crippen LogP contribution in [-0.4, -0.2) is 19.7 Å². The summed E-state index contributed by atoms with van der Waals surface area (Å²) in [6, 6.07) is 11.7. The molecule has 2 aliphatic heterocycles. The molecule has 0 saturated carbocycles. The second-order valence-corrected chi connectivity index (χ2v) is 7.13. The van der Waals surface area contributed by atoms with Gasteiger partial charge in [0.15, 0.2) is 17.6 Å². The lowest BCUT2D eigenvalue weighted by atomic mass is 9.89. The highest BCUT2D eigenvalue weighted by atomic mass is 35.5. The lowest BCUT2D eigenvalue weighted by molar-refractivity contribution is 0.0891. The van der Waals surface area contributed by atoms with Gasteiger partial charge >= 0.3 is 0 Å². The highest BCUT2D eigenvalue weighted by Gasteiger charge is 2.29. The van der Waals surface area contributed by atoms with Crippen LogP contribution in [0, 0.1) is 0 Å². The SMILES string of the molecule is Clc1ccc([C@H]2COc3cccc(C4CCNCC4)c3O2)c(Cl)c1. The van der Waals surface area contributed by atoms with Gasteiger partial charge in [-0.15, -0.1) is 0 Å². The maximum atomic E-state index is 6.35. The molecule has 2 aromatic rings. The summed E-state index contributed by atoms with van der Waals surface area (Å²) in [6.45, 7) is 2.54. The van der Waals surface area contributed by atoms with E-state index >= 15 is 0 Å². The van der Waals surface area contributed by atoms with E-state index in [1.54, 1.807) is 6.07 Å². The molecule has 1 atom stereocenters. The predicted molar refractivity (Wildman–Crippen MR) is 96.6 cm³/mol. The third-order valence-electron chi connectivity index (χ3n) is 4.75. The van der Waals surface area contributed by atoms with Gasteiger partial charge in [-0.05, 0) is 50.0 Å². The van der Waals surface area contributed by atoms with Gasteiger partial charge in [-0.1, -0.05) is 41.4 Å². The van der Waals surface area contributed by atoms with Gasteiger partial charge in [0.1, 0.15) is 6.61 Å². The topological polar surface area (TPSA) is 30.5 Å². The Morgan fingerprint density at radius 1 is 1.00 bits per heavy atom. The number of nitrogens with one attached hydrogen (secondary N) is 1. The molecule has 24 heavy (non-hydrogen) atoms. The van der Waals surface area contributed by atoms with E-state index in [-0.39, 0.29) is 6.10 Å². The first-order valence-corrected chi connectivity index (χ1v) is 9.06. The van der Waals surface area contributed by atoms with Crippen molar-refractivity contribution in [3.05, 3.63) is 57.6 Å². The van der Waals surface area contributed by atoms with Crippen LogP contribution in [0.5, 0.6) is 11.5 Å². The first-order chi connectivity index (χ1) is 11.7. The van der Waals surface area contributed by atoms with Crippen LogP contribution in [0.4, 0.5) is 0 Å². The molecule has 1 saturated heterocycles. The molecule has 2 aliphatic rings. The number of ether oxygens (including phenoxy) is 2. The third-order valence-corrected chi connectivity index (χ3v) is 5.31. The summed E-state index contributed by atoms with van der Waals surface area (Å²) in [6.07, 6.45) is 2.02. The molecule has 0 spiro atoms. The van der Waals surface area contributed by atoms with E-state index in [0.29, 0.717) is 22.6 Å². The van der Waals surface area contributed by atoms with Crippen molar-refractivity contribution in [2.75, 3.05) is 19.7 Å². The average Bonchev–Trinajstić information content (AvgIpc) is 2.61. The Kier molecular flexibility index (Phi) is 4.57. The number of fused-ring (bicyclic) bond motifs is 1. The van der Waals surface area contributed by atoms with Gasteiger partial charge in [0.2, 0.25) is 0 Å². The lowest BCUT2D eigenvalue weighted by Crippen LogP contribution is -2.28. The molecule has 0 radical (unpaired) electrons. The standard InChI is InChI=1S/C19H19Cl2NO2/c20-13-4-5-15(16(21)10-13)18-11-23-17-3-1-2-14(19(17)24-18)12-6-8-22-9-7-12/h1-5,10,12,18,22H,6-9,11H2/t18-/m1/s1. The molecule has 3 nitrogen and oxygen atoms in total. The van der Waals surface area contributed by atoms with Crippen LogP contribution in [0.2, 0.25) is 10.0 Å². The van der Waals surface area contributed by atoms with E-state index in [0.717, 1.165) is 43.0 Å². The molecule has 2 aromatic carbocycles. The Bertz CT molecular complexity index is 744. The number of hydrogen-bond donors (Lipinski definition) is 1. The van der Waals surface area contributed by atoms with E-state index < -0.39 is 0 Å². The van der Waals surface area contributed by atoms with Gasteiger partial charge in [-0.3, -0.25) is 0 Å². The molecule has 0 unspecified atom stereocenters. The van der Waals surface area contributed by atoms with Crippen molar-refractivity contribution in [1.29, 1.82) is 0 Å². The van der Waals surface area contributed by atoms with Crippen LogP contribution in [-0.2, 0) is 0 Å². The summed E-state index contributed by atoms with van der Waals surface area (Å²) < 4.78 is 12.3. The fourth-order valence-electron chi connectivity index (χ4n) is 3.48. The molecular weight excluding hydrogens is 345 g/mol. The molecular formula is C19H19Cl2NO2. The molecule has 0 aromatic heterocycles. The fraction of sp³-hybridized carbons (Fsp3) is 0.368. The molecule has 0 aliphatic carbocycles. The second-order valence-electron chi connectivity index (χ2n) is 6.28. The highest BCUT2D eigenvalue weighted by molar-refractivity contribution is 6.35. The summed E-state index contributed by atoms with van der Waals surface area (Å²) in [5, 5.41) is 4.64. The van der Waals surface area contributed by atoms with Gasteiger partial charge in [0.05, 0.1) is 0 Å². The Balaban J connectivity index is 1.66. The average molecular weight is 364 g/mol. The van der Waals surface area contributed by atoms with Gasteiger partial charge in [0.25, 0.3) is 0 Å². The zero-order valence-corrected chi connectivity index (χ0v) is 14.7. The van der Waals surface area contributed by atoms with Gasteiger partial charge in [0, 0.05) is 21.2 Å². The number of rotatable bonds is 2. The molecule has 5 heteroatoms. The molecule has 1 fully saturated rings. The maximum Gasteiger partial charge on any atom is 0.165 e. The number of halogens is 2. The largest absolute Gasteiger partial charge is 0.485 e. The Labute approximate surface area is 151 Å². The Morgan fingerprint density at radius 2 is 1.83 bits per heavy atom.